The third kappa shape index (κ3) is 5.70. The molecule has 3 aromatic carbocycles. The molecule has 0 bridgehead atoms. The van der Waals surface area contributed by atoms with Crippen molar-refractivity contribution in [1.29, 1.82) is 0 Å². The lowest BCUT2D eigenvalue weighted by molar-refractivity contribution is -0.133. The van der Waals surface area contributed by atoms with Crippen LogP contribution >= 0.6 is 11.6 Å². The van der Waals surface area contributed by atoms with Crippen LogP contribution in [0.3, 0.4) is 0 Å². The first-order valence-corrected chi connectivity index (χ1v) is 10.8. The molecule has 168 valence electrons. The minimum absolute atomic E-state index is 0.142. The Hall–Kier alpha value is -3.84. The first-order chi connectivity index (χ1) is 16.0. The molecule has 0 atom stereocenters. The third-order valence-electron chi connectivity index (χ3n) is 4.96. The van der Waals surface area contributed by atoms with Crippen LogP contribution in [0.2, 0.25) is 5.02 Å². The number of benzene rings is 3. The van der Waals surface area contributed by atoms with Gasteiger partial charge < -0.3 is 19.4 Å². The maximum absolute atomic E-state index is 12.7. The van der Waals surface area contributed by atoms with Crippen molar-refractivity contribution in [2.24, 2.45) is 0 Å². The second-order valence-electron chi connectivity index (χ2n) is 7.26. The second-order valence-corrected chi connectivity index (χ2v) is 7.69. The Morgan fingerprint density at radius 2 is 1.70 bits per heavy atom. The van der Waals surface area contributed by atoms with Crippen molar-refractivity contribution in [3.05, 3.63) is 94.0 Å². The van der Waals surface area contributed by atoms with Gasteiger partial charge in [0.05, 0.1) is 17.4 Å². The van der Waals surface area contributed by atoms with Gasteiger partial charge in [0.2, 0.25) is 0 Å². The highest BCUT2D eigenvalue weighted by Crippen LogP contribution is 2.23. The first-order valence-electron chi connectivity index (χ1n) is 10.4. The largest absolute Gasteiger partial charge is 0.484 e. The van der Waals surface area contributed by atoms with Gasteiger partial charge in [0, 0.05) is 11.6 Å². The fourth-order valence-corrected chi connectivity index (χ4v) is 3.42. The Morgan fingerprint density at radius 1 is 1.00 bits per heavy atom. The van der Waals surface area contributed by atoms with Crippen molar-refractivity contribution in [1.82, 2.24) is 14.9 Å². The standard InChI is InChI=1S/C25H22ClN3O4/c1-2-29(15-23-27-22-14-17(26)8-13-21(22)25(31)28-23)24(30)16-32-18-9-11-20(12-10-18)33-19-6-4-3-5-7-19/h3-14H,2,15-16H2,1H3,(H,27,28,31). The van der Waals surface area contributed by atoms with Crippen LogP contribution in [0.15, 0.2) is 77.6 Å². The molecule has 0 unspecified atom stereocenters. The van der Waals surface area contributed by atoms with Crippen molar-refractivity contribution in [2.45, 2.75) is 13.5 Å². The van der Waals surface area contributed by atoms with Gasteiger partial charge in [0.15, 0.2) is 6.61 Å². The maximum atomic E-state index is 12.7. The third-order valence-corrected chi connectivity index (χ3v) is 5.19. The highest BCUT2D eigenvalue weighted by atomic mass is 35.5. The molecule has 7 nitrogen and oxygen atoms in total. The zero-order chi connectivity index (χ0) is 23.2. The number of rotatable bonds is 8. The number of hydrogen-bond acceptors (Lipinski definition) is 5. The number of carbonyl (C=O) groups excluding carboxylic acids is 1. The number of halogens is 1. The number of hydrogen-bond donors (Lipinski definition) is 1. The molecule has 0 fully saturated rings. The van der Waals surface area contributed by atoms with Crippen LogP contribution in [0.5, 0.6) is 17.2 Å². The van der Waals surface area contributed by atoms with E-state index in [1.807, 2.05) is 37.3 Å². The fourth-order valence-electron chi connectivity index (χ4n) is 3.26. The highest BCUT2D eigenvalue weighted by molar-refractivity contribution is 6.31. The summed E-state index contributed by atoms with van der Waals surface area (Å²) in [6.45, 7) is 2.30. The number of nitrogens with one attached hydrogen (secondary N) is 1. The normalized spacial score (nSPS) is 10.7. The summed E-state index contributed by atoms with van der Waals surface area (Å²) >= 11 is 6.02. The number of H-pyrrole nitrogens is 1. The van der Waals surface area contributed by atoms with Gasteiger partial charge >= 0.3 is 0 Å². The summed E-state index contributed by atoms with van der Waals surface area (Å²) in [4.78, 5) is 33.8. The zero-order valence-electron chi connectivity index (χ0n) is 18.0. The summed E-state index contributed by atoms with van der Waals surface area (Å²) in [5, 5.41) is 0.934. The van der Waals surface area contributed by atoms with Gasteiger partial charge in [-0.25, -0.2) is 4.98 Å². The Morgan fingerprint density at radius 3 is 2.42 bits per heavy atom. The number of carbonyl (C=O) groups is 1. The Kier molecular flexibility index (Phi) is 6.90. The highest BCUT2D eigenvalue weighted by Gasteiger charge is 2.15. The molecule has 0 radical (unpaired) electrons. The van der Waals surface area contributed by atoms with Crippen LogP contribution in [0.25, 0.3) is 10.9 Å². The van der Waals surface area contributed by atoms with Crippen molar-refractivity contribution in [2.75, 3.05) is 13.2 Å². The van der Waals surface area contributed by atoms with E-state index in [9.17, 15) is 9.59 Å². The SMILES string of the molecule is CCN(Cc1nc2cc(Cl)ccc2c(=O)[nH]1)C(=O)COc1ccc(Oc2ccccc2)cc1. The molecule has 33 heavy (non-hydrogen) atoms. The van der Waals surface area contributed by atoms with Gasteiger partial charge in [-0.3, -0.25) is 9.59 Å². The summed E-state index contributed by atoms with van der Waals surface area (Å²) in [5.74, 6) is 2.11. The molecule has 0 saturated carbocycles. The van der Waals surface area contributed by atoms with E-state index in [-0.39, 0.29) is 24.6 Å². The lowest BCUT2D eigenvalue weighted by atomic mass is 10.2. The molecular weight excluding hydrogens is 442 g/mol. The van der Waals surface area contributed by atoms with E-state index < -0.39 is 0 Å². The Labute approximate surface area is 195 Å². The van der Waals surface area contributed by atoms with E-state index in [2.05, 4.69) is 9.97 Å². The predicted octanol–water partition coefficient (Wildman–Crippen LogP) is 4.80. The van der Waals surface area contributed by atoms with Crippen molar-refractivity contribution in [3.8, 4) is 17.2 Å². The quantitative estimate of drug-likeness (QED) is 0.406. The molecule has 4 rings (SSSR count). The van der Waals surface area contributed by atoms with E-state index in [1.165, 1.54) is 0 Å². The molecule has 1 amide bonds. The van der Waals surface area contributed by atoms with Gasteiger partial charge in [-0.1, -0.05) is 29.8 Å². The summed E-state index contributed by atoms with van der Waals surface area (Å²) in [5.41, 5.74) is 0.211. The Balaban J connectivity index is 1.37. The summed E-state index contributed by atoms with van der Waals surface area (Å²) < 4.78 is 11.4. The lowest BCUT2D eigenvalue weighted by Crippen LogP contribution is -2.35. The molecule has 8 heteroatoms. The van der Waals surface area contributed by atoms with Crippen LogP contribution < -0.4 is 15.0 Å². The molecular formula is C25H22ClN3O4. The minimum atomic E-state index is -0.274. The Bertz CT molecular complexity index is 1310. The van der Waals surface area contributed by atoms with Crippen molar-refractivity contribution < 1.29 is 14.3 Å². The summed E-state index contributed by atoms with van der Waals surface area (Å²) in [6.07, 6.45) is 0. The molecule has 1 aromatic heterocycles. The zero-order valence-corrected chi connectivity index (χ0v) is 18.7. The molecule has 0 saturated heterocycles. The van der Waals surface area contributed by atoms with Crippen LogP contribution in [0, 0.1) is 0 Å². The van der Waals surface area contributed by atoms with Crippen LogP contribution in [-0.4, -0.2) is 33.9 Å². The van der Waals surface area contributed by atoms with Crippen molar-refractivity contribution in [3.63, 3.8) is 0 Å². The predicted molar refractivity (Wildman–Crippen MR) is 127 cm³/mol. The number of likely N-dealkylation sites (N-methyl/N-ethyl adjacent to an activating group) is 1. The van der Waals surface area contributed by atoms with E-state index in [0.717, 1.165) is 5.75 Å². The molecule has 0 aliphatic rings. The number of fused-ring (bicyclic) bond motifs is 1. The maximum Gasteiger partial charge on any atom is 0.260 e. The number of aromatic amines is 1. The van der Waals surface area contributed by atoms with Gasteiger partial charge in [-0.2, -0.15) is 0 Å². The lowest BCUT2D eigenvalue weighted by Gasteiger charge is -2.20. The van der Waals surface area contributed by atoms with Crippen molar-refractivity contribution >= 4 is 28.4 Å². The molecule has 1 heterocycles. The molecule has 1 N–H and O–H groups in total. The molecule has 0 aliphatic carbocycles. The monoisotopic (exact) mass is 463 g/mol. The van der Waals surface area contributed by atoms with E-state index in [0.29, 0.717) is 39.8 Å². The smallest absolute Gasteiger partial charge is 0.260 e. The topological polar surface area (TPSA) is 84.5 Å². The molecule has 0 aliphatic heterocycles. The van der Waals surface area contributed by atoms with E-state index >= 15 is 0 Å². The van der Waals surface area contributed by atoms with Gasteiger partial charge in [0.25, 0.3) is 11.5 Å². The summed E-state index contributed by atoms with van der Waals surface area (Å²) in [7, 11) is 0. The second kappa shape index (κ2) is 10.2. The van der Waals surface area contributed by atoms with E-state index in [1.54, 1.807) is 47.4 Å². The van der Waals surface area contributed by atoms with E-state index in [4.69, 9.17) is 21.1 Å². The number of nitrogens with zero attached hydrogens (tertiary/aromatic N) is 2. The first kappa shape index (κ1) is 22.4. The number of ether oxygens (including phenoxy) is 2. The fraction of sp³-hybridized carbons (Fsp3) is 0.160. The number of amides is 1. The van der Waals surface area contributed by atoms with Gasteiger partial charge in [-0.15, -0.1) is 0 Å². The number of aromatic nitrogens is 2. The van der Waals surface area contributed by atoms with Crippen LogP contribution in [0.1, 0.15) is 12.7 Å². The minimum Gasteiger partial charge on any atom is -0.484 e. The average molecular weight is 464 g/mol. The summed E-state index contributed by atoms with van der Waals surface area (Å²) in [6, 6.07) is 21.4. The van der Waals surface area contributed by atoms with Crippen LogP contribution in [0.4, 0.5) is 0 Å². The number of para-hydroxylation sites is 1. The van der Waals surface area contributed by atoms with Gasteiger partial charge in [-0.05, 0) is 61.5 Å². The van der Waals surface area contributed by atoms with Gasteiger partial charge in [0.1, 0.15) is 23.1 Å². The van der Waals surface area contributed by atoms with Crippen LogP contribution in [-0.2, 0) is 11.3 Å². The molecule has 4 aromatic rings. The molecule has 0 spiro atoms. The average Bonchev–Trinajstić information content (AvgIpc) is 2.82.